The lowest BCUT2D eigenvalue weighted by Gasteiger charge is -2.01. The molecule has 0 radical (unpaired) electrons. The Kier molecular flexibility index (Phi) is 6.13. The van der Waals surface area contributed by atoms with Crippen molar-refractivity contribution in [2.75, 3.05) is 12.9 Å². The number of hydroxylamine groups is 1. The van der Waals surface area contributed by atoms with E-state index in [0.717, 1.165) is 10.6 Å². The summed E-state index contributed by atoms with van der Waals surface area (Å²) < 4.78 is 4.55. The maximum absolute atomic E-state index is 10.9. The van der Waals surface area contributed by atoms with Gasteiger partial charge in [0.05, 0.1) is 19.2 Å². The molecule has 17 heavy (non-hydrogen) atoms. The maximum Gasteiger partial charge on any atom is 0.306 e. The van der Waals surface area contributed by atoms with Gasteiger partial charge in [0, 0.05) is 10.6 Å². The molecule has 0 amide bonds. The fourth-order valence-electron chi connectivity index (χ4n) is 1.09. The molecule has 0 aliphatic carbocycles. The fraction of sp³-hybridized carbons (Fsp3) is 0.273. The van der Waals surface area contributed by atoms with E-state index in [9.17, 15) is 4.79 Å². The Morgan fingerprint density at radius 1 is 1.53 bits per heavy atom. The van der Waals surface area contributed by atoms with E-state index in [1.54, 1.807) is 11.8 Å². The minimum absolute atomic E-state index is 0.201. The minimum atomic E-state index is -0.201. The summed E-state index contributed by atoms with van der Waals surface area (Å²) in [6.45, 7) is 0. The van der Waals surface area contributed by atoms with Gasteiger partial charge < -0.3 is 4.74 Å². The van der Waals surface area contributed by atoms with Gasteiger partial charge in [0.2, 0.25) is 0 Å². The summed E-state index contributed by atoms with van der Waals surface area (Å²) in [4.78, 5) is 15.9. The van der Waals surface area contributed by atoms with Crippen molar-refractivity contribution < 1.29 is 14.7 Å². The highest BCUT2D eigenvalue weighted by atomic mass is 32.2. The number of esters is 1. The second-order valence-corrected chi connectivity index (χ2v) is 4.22. The smallest absolute Gasteiger partial charge is 0.306 e. The number of benzene rings is 1. The molecular formula is C11H14N2O3S. The summed E-state index contributed by atoms with van der Waals surface area (Å²) in [5.74, 6) is 0.487. The Labute approximate surface area is 104 Å². The third-order valence-corrected chi connectivity index (χ3v) is 2.92. The molecule has 0 heterocycles. The number of nitrogens with zero attached hydrogens (tertiary/aromatic N) is 1. The zero-order chi connectivity index (χ0) is 12.5. The Hall–Kier alpha value is -1.53. The highest BCUT2D eigenvalue weighted by Crippen LogP contribution is 2.22. The largest absolute Gasteiger partial charge is 0.469 e. The first-order valence-corrected chi connectivity index (χ1v) is 5.96. The molecule has 1 aromatic rings. The van der Waals surface area contributed by atoms with Crippen molar-refractivity contribution in [1.29, 1.82) is 0 Å². The van der Waals surface area contributed by atoms with E-state index in [2.05, 4.69) is 9.73 Å². The van der Waals surface area contributed by atoms with Crippen molar-refractivity contribution in [1.82, 2.24) is 5.48 Å². The van der Waals surface area contributed by atoms with E-state index in [1.165, 1.54) is 13.4 Å². The van der Waals surface area contributed by atoms with Crippen LogP contribution in [0.15, 0.2) is 34.2 Å². The lowest BCUT2D eigenvalue weighted by molar-refractivity contribution is -0.140. The number of carbonyl (C=O) groups is 1. The van der Waals surface area contributed by atoms with Gasteiger partial charge >= 0.3 is 5.97 Å². The molecule has 0 atom stereocenters. The molecule has 5 nitrogen and oxygen atoms in total. The molecule has 6 heteroatoms. The Morgan fingerprint density at radius 2 is 2.24 bits per heavy atom. The van der Waals surface area contributed by atoms with Crippen LogP contribution in [0, 0.1) is 0 Å². The highest BCUT2D eigenvalue weighted by molar-refractivity contribution is 7.99. The minimum Gasteiger partial charge on any atom is -0.469 e. The summed E-state index contributed by atoms with van der Waals surface area (Å²) in [6, 6.07) is 7.47. The first-order chi connectivity index (χ1) is 8.26. The van der Waals surface area contributed by atoms with Gasteiger partial charge in [-0.25, -0.2) is 4.99 Å². The Bertz CT molecular complexity index is 379. The molecule has 0 aliphatic heterocycles. The van der Waals surface area contributed by atoms with Gasteiger partial charge in [0.15, 0.2) is 0 Å². The van der Waals surface area contributed by atoms with Gasteiger partial charge in [-0.3, -0.25) is 15.5 Å². The van der Waals surface area contributed by atoms with E-state index in [4.69, 9.17) is 5.21 Å². The van der Waals surface area contributed by atoms with Crippen LogP contribution in [0.2, 0.25) is 0 Å². The predicted molar refractivity (Wildman–Crippen MR) is 66.9 cm³/mol. The Morgan fingerprint density at radius 3 is 2.82 bits per heavy atom. The average molecular weight is 254 g/mol. The van der Waals surface area contributed by atoms with Crippen molar-refractivity contribution in [3.8, 4) is 0 Å². The zero-order valence-corrected chi connectivity index (χ0v) is 10.2. The number of hydrogen-bond acceptors (Lipinski definition) is 5. The number of carbonyl (C=O) groups excluding carboxylic acids is 1. The first kappa shape index (κ1) is 13.5. The first-order valence-electron chi connectivity index (χ1n) is 4.98. The molecule has 1 rings (SSSR count). The van der Waals surface area contributed by atoms with Crippen molar-refractivity contribution >= 4 is 29.8 Å². The van der Waals surface area contributed by atoms with Crippen molar-refractivity contribution in [3.05, 3.63) is 24.3 Å². The molecule has 0 unspecified atom stereocenters. The molecule has 0 saturated heterocycles. The van der Waals surface area contributed by atoms with Crippen molar-refractivity contribution in [2.45, 2.75) is 11.3 Å². The maximum atomic E-state index is 10.9. The van der Waals surface area contributed by atoms with Crippen LogP contribution in [-0.2, 0) is 9.53 Å². The van der Waals surface area contributed by atoms with E-state index >= 15 is 0 Å². The molecule has 2 N–H and O–H groups in total. The Balaban J connectivity index is 2.40. The van der Waals surface area contributed by atoms with Gasteiger partial charge in [-0.15, -0.1) is 11.8 Å². The predicted octanol–water partition coefficient (Wildman–Crippen LogP) is 1.98. The van der Waals surface area contributed by atoms with Crippen molar-refractivity contribution in [3.63, 3.8) is 0 Å². The fourth-order valence-corrected chi connectivity index (χ4v) is 1.92. The van der Waals surface area contributed by atoms with Crippen LogP contribution in [-0.4, -0.2) is 30.4 Å². The highest BCUT2D eigenvalue weighted by Gasteiger charge is 2.00. The number of ether oxygens (including phenoxy) is 1. The summed E-state index contributed by atoms with van der Waals surface area (Å²) >= 11 is 1.58. The SMILES string of the molecule is COC(=O)CCSc1ccc(N=CNO)cc1. The van der Waals surface area contributed by atoms with E-state index in [0.29, 0.717) is 12.2 Å². The summed E-state index contributed by atoms with van der Waals surface area (Å²) in [5, 5.41) is 8.33. The lowest BCUT2D eigenvalue weighted by Crippen LogP contribution is -2.01. The lowest BCUT2D eigenvalue weighted by atomic mass is 10.3. The summed E-state index contributed by atoms with van der Waals surface area (Å²) in [7, 11) is 1.38. The third-order valence-electron chi connectivity index (χ3n) is 1.91. The molecule has 0 spiro atoms. The molecule has 0 fully saturated rings. The number of rotatable bonds is 6. The van der Waals surface area contributed by atoms with E-state index < -0.39 is 0 Å². The van der Waals surface area contributed by atoms with Crippen LogP contribution in [0.25, 0.3) is 0 Å². The quantitative estimate of drug-likeness (QED) is 0.267. The van der Waals surface area contributed by atoms with Gasteiger partial charge in [0.25, 0.3) is 0 Å². The van der Waals surface area contributed by atoms with Crippen molar-refractivity contribution in [2.24, 2.45) is 4.99 Å². The summed E-state index contributed by atoms with van der Waals surface area (Å²) in [6.07, 6.45) is 1.59. The van der Waals surface area contributed by atoms with Crippen LogP contribution in [0.1, 0.15) is 6.42 Å². The third kappa shape index (κ3) is 5.37. The molecular weight excluding hydrogens is 240 g/mol. The van der Waals surface area contributed by atoms with Gasteiger partial charge in [-0.2, -0.15) is 0 Å². The van der Waals surface area contributed by atoms with Crippen LogP contribution in [0.3, 0.4) is 0 Å². The van der Waals surface area contributed by atoms with Crippen LogP contribution in [0.4, 0.5) is 5.69 Å². The number of methoxy groups -OCH3 is 1. The number of thioether (sulfide) groups is 1. The van der Waals surface area contributed by atoms with Crippen LogP contribution < -0.4 is 5.48 Å². The molecule has 1 aromatic carbocycles. The average Bonchev–Trinajstić information content (AvgIpc) is 2.37. The van der Waals surface area contributed by atoms with E-state index in [-0.39, 0.29) is 5.97 Å². The number of hydrogen-bond donors (Lipinski definition) is 2. The second kappa shape index (κ2) is 7.70. The zero-order valence-electron chi connectivity index (χ0n) is 9.42. The van der Waals surface area contributed by atoms with E-state index in [1.807, 2.05) is 29.7 Å². The van der Waals surface area contributed by atoms with Gasteiger partial charge in [-0.05, 0) is 24.3 Å². The van der Waals surface area contributed by atoms with Crippen LogP contribution >= 0.6 is 11.8 Å². The molecule has 0 aliphatic rings. The van der Waals surface area contributed by atoms with Gasteiger partial charge in [-0.1, -0.05) is 0 Å². The summed E-state index contributed by atoms with van der Waals surface area (Å²) in [5.41, 5.74) is 2.58. The monoisotopic (exact) mass is 254 g/mol. The second-order valence-electron chi connectivity index (χ2n) is 3.06. The molecule has 0 aromatic heterocycles. The van der Waals surface area contributed by atoms with Crippen LogP contribution in [0.5, 0.6) is 0 Å². The molecule has 0 bridgehead atoms. The number of nitrogens with one attached hydrogen (secondary N) is 1. The number of aliphatic imine (C=N–C) groups is 1. The van der Waals surface area contributed by atoms with Gasteiger partial charge in [0.1, 0.15) is 6.34 Å². The normalized spacial score (nSPS) is 10.5. The standard InChI is InChI=1S/C11H14N2O3S/c1-16-11(14)6-7-17-10-4-2-9(3-5-10)12-8-13-15/h2-5,8,15H,6-7H2,1H3,(H,12,13). The molecule has 92 valence electrons. The molecule has 0 saturated carbocycles. The topological polar surface area (TPSA) is 70.9 Å².